The SMILES string of the molecule is Cc1cc(-c2ccc(C(F)(F)F)cc2)ccc1C(=O)Nc1cnc(Cl)c(-c2nc3ccccc3[nH]2)c1. The van der Waals surface area contributed by atoms with E-state index < -0.39 is 11.7 Å². The highest BCUT2D eigenvalue weighted by molar-refractivity contribution is 6.32. The highest BCUT2D eigenvalue weighted by atomic mass is 35.5. The number of rotatable bonds is 4. The number of imidazole rings is 1. The molecular weight excluding hydrogens is 489 g/mol. The van der Waals surface area contributed by atoms with Crippen molar-refractivity contribution in [2.75, 3.05) is 5.32 Å². The van der Waals surface area contributed by atoms with Gasteiger partial charge >= 0.3 is 6.18 Å². The van der Waals surface area contributed by atoms with Crippen LogP contribution in [0.3, 0.4) is 0 Å². The van der Waals surface area contributed by atoms with E-state index >= 15 is 0 Å². The minimum Gasteiger partial charge on any atom is -0.338 e. The molecule has 9 heteroatoms. The molecule has 1 amide bonds. The van der Waals surface area contributed by atoms with Gasteiger partial charge in [-0.25, -0.2) is 9.97 Å². The Labute approximate surface area is 209 Å². The molecule has 0 unspecified atom stereocenters. The molecule has 36 heavy (non-hydrogen) atoms. The summed E-state index contributed by atoms with van der Waals surface area (Å²) in [6.07, 6.45) is -2.94. The molecule has 0 radical (unpaired) electrons. The largest absolute Gasteiger partial charge is 0.416 e. The number of aromatic nitrogens is 3. The number of amides is 1. The summed E-state index contributed by atoms with van der Waals surface area (Å²) < 4.78 is 38.5. The third-order valence-corrected chi connectivity index (χ3v) is 6.06. The van der Waals surface area contributed by atoms with Crippen LogP contribution < -0.4 is 5.32 Å². The number of nitrogens with zero attached hydrogens (tertiary/aromatic N) is 2. The number of hydrogen-bond acceptors (Lipinski definition) is 3. The number of alkyl halides is 3. The van der Waals surface area contributed by atoms with Crippen molar-refractivity contribution in [2.24, 2.45) is 0 Å². The number of anilines is 1. The van der Waals surface area contributed by atoms with Crippen LogP contribution in [-0.2, 0) is 6.18 Å². The summed E-state index contributed by atoms with van der Waals surface area (Å²) in [7, 11) is 0. The van der Waals surface area contributed by atoms with Crippen LogP contribution in [0.15, 0.2) is 79.0 Å². The van der Waals surface area contributed by atoms with Gasteiger partial charge in [-0.15, -0.1) is 0 Å². The van der Waals surface area contributed by atoms with Gasteiger partial charge in [-0.3, -0.25) is 4.79 Å². The normalized spacial score (nSPS) is 11.6. The molecule has 0 saturated heterocycles. The van der Waals surface area contributed by atoms with Crippen molar-refractivity contribution in [1.29, 1.82) is 0 Å². The smallest absolute Gasteiger partial charge is 0.338 e. The van der Waals surface area contributed by atoms with Crippen LogP contribution in [0.25, 0.3) is 33.5 Å². The average molecular weight is 507 g/mol. The van der Waals surface area contributed by atoms with Crippen LogP contribution in [0.1, 0.15) is 21.5 Å². The maximum Gasteiger partial charge on any atom is 0.416 e. The van der Waals surface area contributed by atoms with Gasteiger partial charge in [0.05, 0.1) is 34.0 Å². The fourth-order valence-electron chi connectivity index (χ4n) is 3.91. The van der Waals surface area contributed by atoms with Crippen molar-refractivity contribution in [3.63, 3.8) is 0 Å². The first-order chi connectivity index (χ1) is 17.2. The number of halogens is 4. The Morgan fingerprint density at radius 3 is 2.39 bits per heavy atom. The van der Waals surface area contributed by atoms with E-state index in [0.717, 1.165) is 23.2 Å². The maximum absolute atomic E-state index is 13.0. The van der Waals surface area contributed by atoms with Crippen LogP contribution in [0.5, 0.6) is 0 Å². The van der Waals surface area contributed by atoms with E-state index in [4.69, 9.17) is 11.6 Å². The Balaban J connectivity index is 1.37. The molecule has 2 heterocycles. The summed E-state index contributed by atoms with van der Waals surface area (Å²) in [5.74, 6) is 0.174. The van der Waals surface area contributed by atoms with E-state index in [-0.39, 0.29) is 11.1 Å². The molecule has 0 aliphatic rings. The Kier molecular flexibility index (Phi) is 5.97. The number of nitrogens with one attached hydrogen (secondary N) is 2. The molecule has 0 bridgehead atoms. The van der Waals surface area contributed by atoms with E-state index in [1.165, 1.54) is 18.3 Å². The standard InChI is InChI=1S/C27H18ClF3N4O/c1-15-12-17(16-6-9-18(10-7-16)27(29,30)31)8-11-20(15)26(36)33-19-13-21(24(28)32-14-19)25-34-22-4-2-3-5-23(22)35-25/h2-14H,1H3,(H,33,36)(H,34,35). The number of hydrogen-bond donors (Lipinski definition) is 2. The zero-order valence-electron chi connectivity index (χ0n) is 18.8. The van der Waals surface area contributed by atoms with Gasteiger partial charge in [-0.05, 0) is 60.0 Å². The predicted octanol–water partition coefficient (Wildman–Crippen LogP) is 7.52. The molecule has 2 N–H and O–H groups in total. The van der Waals surface area contributed by atoms with Crippen LogP contribution >= 0.6 is 11.6 Å². The van der Waals surface area contributed by atoms with E-state index in [2.05, 4.69) is 20.3 Å². The second-order valence-electron chi connectivity index (χ2n) is 8.22. The zero-order valence-corrected chi connectivity index (χ0v) is 19.6. The molecule has 0 spiro atoms. The highest BCUT2D eigenvalue weighted by Gasteiger charge is 2.30. The number of pyridine rings is 1. The van der Waals surface area contributed by atoms with Gasteiger partial charge < -0.3 is 10.3 Å². The first kappa shape index (κ1) is 23.6. The summed E-state index contributed by atoms with van der Waals surface area (Å²) >= 11 is 6.30. The number of aryl methyl sites for hydroxylation is 1. The quantitative estimate of drug-likeness (QED) is 0.247. The molecule has 2 aromatic heterocycles. The lowest BCUT2D eigenvalue weighted by molar-refractivity contribution is -0.137. The molecule has 5 aromatic rings. The van der Waals surface area contributed by atoms with Gasteiger partial charge in [-0.1, -0.05) is 48.0 Å². The molecule has 0 fully saturated rings. The van der Waals surface area contributed by atoms with Crippen LogP contribution in [0, 0.1) is 6.92 Å². The van der Waals surface area contributed by atoms with E-state index in [9.17, 15) is 18.0 Å². The average Bonchev–Trinajstić information content (AvgIpc) is 3.29. The van der Waals surface area contributed by atoms with Gasteiger partial charge in [-0.2, -0.15) is 13.2 Å². The van der Waals surface area contributed by atoms with Gasteiger partial charge in [0.25, 0.3) is 5.91 Å². The Hall–Kier alpha value is -4.17. The second kappa shape index (κ2) is 9.13. The van der Waals surface area contributed by atoms with Crippen LogP contribution in [-0.4, -0.2) is 20.9 Å². The Bertz CT molecular complexity index is 1560. The fraction of sp³-hybridized carbons (Fsp3) is 0.0741. The number of fused-ring (bicyclic) bond motifs is 1. The summed E-state index contributed by atoms with van der Waals surface area (Å²) in [6.45, 7) is 1.77. The van der Waals surface area contributed by atoms with Crippen molar-refractivity contribution in [1.82, 2.24) is 15.0 Å². The monoisotopic (exact) mass is 506 g/mol. The Morgan fingerprint density at radius 2 is 1.69 bits per heavy atom. The van der Waals surface area contributed by atoms with Gasteiger partial charge in [0.2, 0.25) is 0 Å². The van der Waals surface area contributed by atoms with Crippen molar-refractivity contribution >= 4 is 34.2 Å². The summed E-state index contributed by atoms with van der Waals surface area (Å²) in [4.78, 5) is 24.9. The summed E-state index contributed by atoms with van der Waals surface area (Å²) in [5.41, 5.74) is 4.32. The number of H-pyrrole nitrogens is 1. The highest BCUT2D eigenvalue weighted by Crippen LogP contribution is 2.32. The molecule has 180 valence electrons. The summed E-state index contributed by atoms with van der Waals surface area (Å²) in [6, 6.07) is 19.2. The number of benzene rings is 3. The lowest BCUT2D eigenvalue weighted by Crippen LogP contribution is -2.13. The van der Waals surface area contributed by atoms with E-state index in [0.29, 0.717) is 39.3 Å². The zero-order chi connectivity index (χ0) is 25.4. The molecule has 5 rings (SSSR count). The maximum atomic E-state index is 13.0. The molecule has 5 nitrogen and oxygen atoms in total. The first-order valence-corrected chi connectivity index (χ1v) is 11.3. The van der Waals surface area contributed by atoms with Crippen molar-refractivity contribution in [3.8, 4) is 22.5 Å². The number of para-hydroxylation sites is 2. The topological polar surface area (TPSA) is 70.7 Å². The van der Waals surface area contributed by atoms with E-state index in [1.54, 1.807) is 31.2 Å². The lowest BCUT2D eigenvalue weighted by atomic mass is 9.98. The molecule has 0 atom stereocenters. The lowest BCUT2D eigenvalue weighted by Gasteiger charge is -2.12. The van der Waals surface area contributed by atoms with Gasteiger partial charge in [0.1, 0.15) is 11.0 Å². The minimum atomic E-state index is -4.39. The molecule has 0 saturated carbocycles. The summed E-state index contributed by atoms with van der Waals surface area (Å²) in [5, 5.41) is 3.07. The molecule has 3 aromatic carbocycles. The third-order valence-electron chi connectivity index (χ3n) is 5.76. The number of carbonyl (C=O) groups excluding carboxylic acids is 1. The van der Waals surface area contributed by atoms with Gasteiger partial charge in [0.15, 0.2) is 0 Å². The van der Waals surface area contributed by atoms with Crippen molar-refractivity contribution in [3.05, 3.63) is 101 Å². The minimum absolute atomic E-state index is 0.240. The van der Waals surface area contributed by atoms with Crippen LogP contribution in [0.2, 0.25) is 5.15 Å². The van der Waals surface area contributed by atoms with E-state index in [1.807, 2.05) is 24.3 Å². The first-order valence-electron chi connectivity index (χ1n) is 10.9. The fourth-order valence-corrected chi connectivity index (χ4v) is 4.10. The molecule has 0 aliphatic carbocycles. The van der Waals surface area contributed by atoms with Crippen LogP contribution in [0.4, 0.5) is 18.9 Å². The molecule has 0 aliphatic heterocycles. The number of aromatic amines is 1. The van der Waals surface area contributed by atoms with Crippen molar-refractivity contribution < 1.29 is 18.0 Å². The predicted molar refractivity (Wildman–Crippen MR) is 134 cm³/mol. The Morgan fingerprint density at radius 1 is 0.972 bits per heavy atom. The third kappa shape index (κ3) is 4.67. The second-order valence-corrected chi connectivity index (χ2v) is 8.58. The van der Waals surface area contributed by atoms with Crippen molar-refractivity contribution in [2.45, 2.75) is 13.1 Å². The molecular formula is C27H18ClF3N4O. The number of carbonyl (C=O) groups is 1. The van der Waals surface area contributed by atoms with Gasteiger partial charge in [0, 0.05) is 5.56 Å².